The standard InChI is InChI=1S/C15H9BrF3NO/c16-12-3-1-2-10(6-12)9-21-13-4-5-14(15(17,18)19)11(7-13)8-20/h1-7H,9H2. The number of hydrogen-bond donors (Lipinski definition) is 0. The van der Waals surface area contributed by atoms with Crippen molar-refractivity contribution in [1.82, 2.24) is 0 Å². The van der Waals surface area contributed by atoms with Gasteiger partial charge in [-0.25, -0.2) is 0 Å². The first kappa shape index (κ1) is 15.4. The summed E-state index contributed by atoms with van der Waals surface area (Å²) in [5, 5.41) is 8.82. The fraction of sp³-hybridized carbons (Fsp3) is 0.133. The van der Waals surface area contributed by atoms with Gasteiger partial charge in [0.15, 0.2) is 0 Å². The van der Waals surface area contributed by atoms with Crippen LogP contribution in [0.5, 0.6) is 5.75 Å². The van der Waals surface area contributed by atoms with E-state index in [1.807, 2.05) is 24.3 Å². The number of nitriles is 1. The first-order valence-corrected chi connectivity index (χ1v) is 6.68. The van der Waals surface area contributed by atoms with Gasteiger partial charge >= 0.3 is 6.18 Å². The molecule has 6 heteroatoms. The number of hydrogen-bond acceptors (Lipinski definition) is 2. The van der Waals surface area contributed by atoms with Gasteiger partial charge in [0.25, 0.3) is 0 Å². The van der Waals surface area contributed by atoms with Crippen LogP contribution in [0.3, 0.4) is 0 Å². The Balaban J connectivity index is 2.17. The monoisotopic (exact) mass is 355 g/mol. The Bertz CT molecular complexity index is 692. The molecule has 21 heavy (non-hydrogen) atoms. The number of rotatable bonds is 3. The summed E-state index contributed by atoms with van der Waals surface area (Å²) in [7, 11) is 0. The third-order valence-corrected chi connectivity index (χ3v) is 3.20. The summed E-state index contributed by atoms with van der Waals surface area (Å²) in [6.07, 6.45) is -4.55. The minimum absolute atomic E-state index is 0.204. The number of ether oxygens (including phenoxy) is 1. The average molecular weight is 356 g/mol. The highest BCUT2D eigenvalue weighted by Crippen LogP contribution is 2.33. The van der Waals surface area contributed by atoms with Crippen molar-refractivity contribution in [3.63, 3.8) is 0 Å². The molecule has 2 rings (SSSR count). The molecule has 0 aliphatic carbocycles. The predicted molar refractivity (Wildman–Crippen MR) is 74.6 cm³/mol. The molecule has 2 aromatic carbocycles. The highest BCUT2D eigenvalue weighted by molar-refractivity contribution is 9.10. The predicted octanol–water partition coefficient (Wildman–Crippen LogP) is 4.92. The molecule has 0 bridgehead atoms. The molecule has 0 N–H and O–H groups in total. The molecule has 2 nitrogen and oxygen atoms in total. The van der Waals surface area contributed by atoms with Crippen molar-refractivity contribution in [1.29, 1.82) is 5.26 Å². The van der Waals surface area contributed by atoms with Crippen molar-refractivity contribution in [2.45, 2.75) is 12.8 Å². The van der Waals surface area contributed by atoms with Crippen LogP contribution in [0.25, 0.3) is 0 Å². The van der Waals surface area contributed by atoms with Crippen molar-refractivity contribution in [2.75, 3.05) is 0 Å². The molecule has 0 fully saturated rings. The van der Waals surface area contributed by atoms with Gasteiger partial charge in [-0.2, -0.15) is 18.4 Å². The van der Waals surface area contributed by atoms with E-state index in [2.05, 4.69) is 15.9 Å². The zero-order valence-corrected chi connectivity index (χ0v) is 12.2. The second-order valence-corrected chi connectivity index (χ2v) is 5.15. The second-order valence-electron chi connectivity index (χ2n) is 4.24. The molecule has 0 aliphatic heterocycles. The number of benzene rings is 2. The van der Waals surface area contributed by atoms with Crippen LogP contribution in [0.2, 0.25) is 0 Å². The van der Waals surface area contributed by atoms with Gasteiger partial charge in [-0.15, -0.1) is 0 Å². The van der Waals surface area contributed by atoms with E-state index in [1.54, 1.807) is 6.07 Å². The Labute approximate surface area is 127 Å². The fourth-order valence-electron chi connectivity index (χ4n) is 1.75. The van der Waals surface area contributed by atoms with Crippen LogP contribution >= 0.6 is 15.9 Å². The first-order chi connectivity index (χ1) is 9.90. The van der Waals surface area contributed by atoms with Crippen LogP contribution in [0, 0.1) is 11.3 Å². The number of alkyl halides is 3. The van der Waals surface area contributed by atoms with E-state index in [1.165, 1.54) is 6.07 Å². The quantitative estimate of drug-likeness (QED) is 0.782. The maximum absolute atomic E-state index is 12.7. The Hall–Kier alpha value is -2.00. The molecule has 0 spiro atoms. The fourth-order valence-corrected chi connectivity index (χ4v) is 2.19. The molecule has 0 atom stereocenters. The minimum atomic E-state index is -4.55. The van der Waals surface area contributed by atoms with E-state index < -0.39 is 17.3 Å². The molecule has 0 unspecified atom stereocenters. The smallest absolute Gasteiger partial charge is 0.417 e. The lowest BCUT2D eigenvalue weighted by molar-refractivity contribution is -0.137. The zero-order chi connectivity index (χ0) is 15.5. The van der Waals surface area contributed by atoms with E-state index in [9.17, 15) is 13.2 Å². The van der Waals surface area contributed by atoms with E-state index in [0.717, 1.165) is 22.2 Å². The maximum Gasteiger partial charge on any atom is 0.417 e. The number of nitrogens with zero attached hydrogens (tertiary/aromatic N) is 1. The number of halogens is 4. The molecule has 108 valence electrons. The van der Waals surface area contributed by atoms with Crippen molar-refractivity contribution in [3.05, 3.63) is 63.6 Å². The van der Waals surface area contributed by atoms with Crippen LogP contribution in [-0.2, 0) is 12.8 Å². The molecule has 2 aromatic rings. The maximum atomic E-state index is 12.7. The van der Waals surface area contributed by atoms with Gasteiger partial charge in [-0.3, -0.25) is 0 Å². The summed E-state index contributed by atoms with van der Waals surface area (Å²) < 4.78 is 44.3. The van der Waals surface area contributed by atoms with Crippen LogP contribution < -0.4 is 4.74 Å². The van der Waals surface area contributed by atoms with E-state index in [-0.39, 0.29) is 12.4 Å². The molecule has 0 saturated heterocycles. The topological polar surface area (TPSA) is 33.0 Å². The van der Waals surface area contributed by atoms with Gasteiger partial charge in [0.05, 0.1) is 17.2 Å². The highest BCUT2D eigenvalue weighted by Gasteiger charge is 2.33. The van der Waals surface area contributed by atoms with E-state index >= 15 is 0 Å². The van der Waals surface area contributed by atoms with E-state index in [4.69, 9.17) is 10.00 Å². The normalized spacial score (nSPS) is 11.0. The van der Waals surface area contributed by atoms with Crippen molar-refractivity contribution in [2.24, 2.45) is 0 Å². The molecule has 0 amide bonds. The van der Waals surface area contributed by atoms with Crippen LogP contribution in [0.15, 0.2) is 46.9 Å². The lowest BCUT2D eigenvalue weighted by Crippen LogP contribution is -2.08. The second kappa shape index (κ2) is 6.19. The molecular formula is C15H9BrF3NO. The van der Waals surface area contributed by atoms with Crippen molar-refractivity contribution >= 4 is 15.9 Å². The van der Waals surface area contributed by atoms with Crippen LogP contribution in [-0.4, -0.2) is 0 Å². The molecule has 0 radical (unpaired) electrons. The summed E-state index contributed by atoms with van der Waals surface area (Å²) >= 11 is 3.32. The SMILES string of the molecule is N#Cc1cc(OCc2cccc(Br)c2)ccc1C(F)(F)F. The molecule has 0 aliphatic rings. The Kier molecular flexibility index (Phi) is 4.53. The summed E-state index contributed by atoms with van der Waals surface area (Å²) in [6, 6.07) is 12.1. The van der Waals surface area contributed by atoms with Gasteiger partial charge in [-0.1, -0.05) is 28.1 Å². The largest absolute Gasteiger partial charge is 0.489 e. The molecule has 0 aromatic heterocycles. The molecule has 0 heterocycles. The summed E-state index contributed by atoms with van der Waals surface area (Å²) in [6.45, 7) is 0.204. The lowest BCUT2D eigenvalue weighted by Gasteiger charge is -2.11. The van der Waals surface area contributed by atoms with Gasteiger partial charge in [-0.05, 0) is 35.9 Å². The van der Waals surface area contributed by atoms with Crippen LogP contribution in [0.1, 0.15) is 16.7 Å². The first-order valence-electron chi connectivity index (χ1n) is 5.89. The Morgan fingerprint density at radius 2 is 1.90 bits per heavy atom. The third-order valence-electron chi connectivity index (χ3n) is 2.71. The van der Waals surface area contributed by atoms with Crippen molar-refractivity contribution < 1.29 is 17.9 Å². The Morgan fingerprint density at radius 3 is 2.52 bits per heavy atom. The van der Waals surface area contributed by atoms with Crippen molar-refractivity contribution in [3.8, 4) is 11.8 Å². The van der Waals surface area contributed by atoms with Gasteiger partial charge in [0.2, 0.25) is 0 Å². The average Bonchev–Trinajstić information content (AvgIpc) is 2.44. The van der Waals surface area contributed by atoms with Gasteiger partial charge < -0.3 is 4.74 Å². The highest BCUT2D eigenvalue weighted by atomic mass is 79.9. The zero-order valence-electron chi connectivity index (χ0n) is 10.6. The van der Waals surface area contributed by atoms with E-state index in [0.29, 0.717) is 0 Å². The summed E-state index contributed by atoms with van der Waals surface area (Å²) in [4.78, 5) is 0. The third kappa shape index (κ3) is 3.99. The summed E-state index contributed by atoms with van der Waals surface area (Å²) in [5.74, 6) is 0.222. The lowest BCUT2D eigenvalue weighted by atomic mass is 10.1. The Morgan fingerprint density at radius 1 is 1.14 bits per heavy atom. The molecule has 0 saturated carbocycles. The van der Waals surface area contributed by atoms with Gasteiger partial charge in [0.1, 0.15) is 12.4 Å². The van der Waals surface area contributed by atoms with Crippen LogP contribution in [0.4, 0.5) is 13.2 Å². The summed E-state index contributed by atoms with van der Waals surface area (Å²) in [5.41, 5.74) is -0.545. The van der Waals surface area contributed by atoms with Gasteiger partial charge in [0, 0.05) is 4.47 Å². The minimum Gasteiger partial charge on any atom is -0.489 e. The molecular weight excluding hydrogens is 347 g/mol.